The molecule has 0 aliphatic heterocycles. The summed E-state index contributed by atoms with van der Waals surface area (Å²) in [6.07, 6.45) is 0. The summed E-state index contributed by atoms with van der Waals surface area (Å²) in [7, 11) is 0. The fourth-order valence-electron chi connectivity index (χ4n) is 1.49. The van der Waals surface area contributed by atoms with E-state index in [1.807, 2.05) is 0 Å². The molecule has 19 heavy (non-hydrogen) atoms. The van der Waals surface area contributed by atoms with E-state index in [-0.39, 0.29) is 22.9 Å². The number of nitrogens with two attached hydrogens (primary N) is 1. The average Bonchev–Trinajstić information content (AvgIpc) is 2.32. The number of ether oxygens (including phenoxy) is 1. The Labute approximate surface area is 116 Å². The Bertz CT molecular complexity index is 649. The molecule has 0 aliphatic carbocycles. The van der Waals surface area contributed by atoms with Crippen LogP contribution in [0.1, 0.15) is 0 Å². The molecular weight excluding hydrogens is 319 g/mol. The summed E-state index contributed by atoms with van der Waals surface area (Å²) in [5, 5.41) is 10.9. The molecule has 0 amide bonds. The minimum atomic E-state index is -0.623. The van der Waals surface area contributed by atoms with E-state index in [1.165, 1.54) is 36.4 Å². The van der Waals surface area contributed by atoms with Gasteiger partial charge in [0.15, 0.2) is 0 Å². The minimum Gasteiger partial charge on any atom is -0.449 e. The molecule has 2 aromatic rings. The van der Waals surface area contributed by atoms with Gasteiger partial charge in [0.25, 0.3) is 0 Å². The lowest BCUT2D eigenvalue weighted by Crippen LogP contribution is -1.98. The number of benzene rings is 2. The first-order valence-corrected chi connectivity index (χ1v) is 5.94. The molecular formula is C12H8BrFN2O3. The Balaban J connectivity index is 2.44. The first kappa shape index (κ1) is 13.3. The zero-order valence-electron chi connectivity index (χ0n) is 9.47. The van der Waals surface area contributed by atoms with Crippen molar-refractivity contribution >= 4 is 27.3 Å². The van der Waals surface area contributed by atoms with Crippen molar-refractivity contribution in [3.8, 4) is 11.5 Å². The van der Waals surface area contributed by atoms with Crippen molar-refractivity contribution in [2.24, 2.45) is 0 Å². The van der Waals surface area contributed by atoms with Crippen LogP contribution in [0.3, 0.4) is 0 Å². The largest absolute Gasteiger partial charge is 0.449 e. The highest BCUT2D eigenvalue weighted by atomic mass is 79.9. The van der Waals surface area contributed by atoms with Crippen molar-refractivity contribution in [2.75, 3.05) is 5.73 Å². The summed E-state index contributed by atoms with van der Waals surface area (Å²) in [6.45, 7) is 0. The number of nitrogens with zero attached hydrogens (tertiary/aromatic N) is 1. The van der Waals surface area contributed by atoms with Crippen molar-refractivity contribution in [1.82, 2.24) is 0 Å². The second-order valence-electron chi connectivity index (χ2n) is 3.63. The summed E-state index contributed by atoms with van der Waals surface area (Å²) in [4.78, 5) is 10.3. The van der Waals surface area contributed by atoms with Crippen LogP contribution in [-0.2, 0) is 0 Å². The molecule has 0 radical (unpaired) electrons. The summed E-state index contributed by atoms with van der Waals surface area (Å²) in [5.74, 6) is -0.186. The molecule has 0 unspecified atom stereocenters. The van der Waals surface area contributed by atoms with E-state index in [0.717, 1.165) is 0 Å². The van der Waals surface area contributed by atoms with Gasteiger partial charge in [-0.2, -0.15) is 0 Å². The van der Waals surface area contributed by atoms with E-state index in [2.05, 4.69) is 15.9 Å². The molecule has 0 heterocycles. The van der Waals surface area contributed by atoms with Crippen LogP contribution in [0.4, 0.5) is 15.8 Å². The Morgan fingerprint density at radius 3 is 2.63 bits per heavy atom. The van der Waals surface area contributed by atoms with Gasteiger partial charge in [0.05, 0.1) is 9.40 Å². The van der Waals surface area contributed by atoms with Gasteiger partial charge in [0.2, 0.25) is 5.75 Å². The van der Waals surface area contributed by atoms with Gasteiger partial charge in [0.1, 0.15) is 17.3 Å². The SMILES string of the molecule is Nc1cccc(Oc2ccc(F)cc2Br)c1[N+](=O)[O-]. The molecule has 0 atom stereocenters. The maximum Gasteiger partial charge on any atom is 0.334 e. The lowest BCUT2D eigenvalue weighted by Gasteiger charge is -2.09. The molecule has 2 aromatic carbocycles. The molecule has 0 aliphatic rings. The Hall–Kier alpha value is -2.15. The van der Waals surface area contributed by atoms with Crippen molar-refractivity contribution in [1.29, 1.82) is 0 Å². The number of nitrogen functional groups attached to an aromatic ring is 1. The summed E-state index contributed by atoms with van der Waals surface area (Å²) in [6, 6.07) is 8.13. The molecule has 98 valence electrons. The quantitative estimate of drug-likeness (QED) is 0.527. The van der Waals surface area contributed by atoms with Crippen LogP contribution in [0, 0.1) is 15.9 Å². The van der Waals surface area contributed by atoms with Gasteiger partial charge in [-0.05, 0) is 46.3 Å². The van der Waals surface area contributed by atoms with Gasteiger partial charge in [-0.15, -0.1) is 0 Å². The van der Waals surface area contributed by atoms with Crippen LogP contribution in [0.25, 0.3) is 0 Å². The average molecular weight is 327 g/mol. The zero-order chi connectivity index (χ0) is 14.0. The fraction of sp³-hybridized carbons (Fsp3) is 0. The maximum absolute atomic E-state index is 12.9. The Kier molecular flexibility index (Phi) is 3.66. The molecule has 0 spiro atoms. The number of nitro groups is 1. The van der Waals surface area contributed by atoms with Crippen LogP contribution in [0.15, 0.2) is 40.9 Å². The number of nitro benzene ring substituents is 1. The highest BCUT2D eigenvalue weighted by molar-refractivity contribution is 9.10. The van der Waals surface area contributed by atoms with Crippen LogP contribution in [-0.4, -0.2) is 4.92 Å². The number of anilines is 1. The molecule has 2 rings (SSSR count). The van der Waals surface area contributed by atoms with Gasteiger partial charge < -0.3 is 10.5 Å². The normalized spacial score (nSPS) is 10.2. The first-order valence-electron chi connectivity index (χ1n) is 5.15. The van der Waals surface area contributed by atoms with Crippen molar-refractivity contribution in [3.63, 3.8) is 0 Å². The Morgan fingerprint density at radius 2 is 2.00 bits per heavy atom. The third-order valence-corrected chi connectivity index (χ3v) is 2.95. The maximum atomic E-state index is 12.9. The molecule has 0 fully saturated rings. The predicted octanol–water partition coefficient (Wildman–Crippen LogP) is 3.87. The van der Waals surface area contributed by atoms with E-state index in [0.29, 0.717) is 4.47 Å². The third kappa shape index (κ3) is 2.82. The standard InChI is InChI=1S/C12H8BrFN2O3/c13-8-6-7(14)4-5-10(8)19-11-3-1-2-9(15)12(11)16(17)18/h1-6H,15H2. The zero-order valence-corrected chi connectivity index (χ0v) is 11.1. The topological polar surface area (TPSA) is 78.4 Å². The number of para-hydroxylation sites is 1. The second kappa shape index (κ2) is 5.23. The third-order valence-electron chi connectivity index (χ3n) is 2.33. The van der Waals surface area contributed by atoms with Gasteiger partial charge in [0, 0.05) is 0 Å². The predicted molar refractivity (Wildman–Crippen MR) is 71.7 cm³/mol. The second-order valence-corrected chi connectivity index (χ2v) is 4.48. The summed E-state index contributed by atoms with van der Waals surface area (Å²) < 4.78 is 18.7. The van der Waals surface area contributed by atoms with E-state index < -0.39 is 10.7 Å². The molecule has 5 nitrogen and oxygen atoms in total. The molecule has 0 bridgehead atoms. The van der Waals surface area contributed by atoms with Gasteiger partial charge in [-0.3, -0.25) is 10.1 Å². The minimum absolute atomic E-state index is 0.000680. The van der Waals surface area contributed by atoms with Crippen molar-refractivity contribution in [3.05, 3.63) is 56.8 Å². The molecule has 7 heteroatoms. The van der Waals surface area contributed by atoms with E-state index in [1.54, 1.807) is 0 Å². The van der Waals surface area contributed by atoms with E-state index in [9.17, 15) is 14.5 Å². The fourth-order valence-corrected chi connectivity index (χ4v) is 1.93. The number of halogens is 2. The van der Waals surface area contributed by atoms with Crippen molar-refractivity contribution < 1.29 is 14.1 Å². The van der Waals surface area contributed by atoms with Crippen LogP contribution in [0.5, 0.6) is 11.5 Å². The first-order chi connectivity index (χ1) is 8.99. The molecule has 0 saturated heterocycles. The lowest BCUT2D eigenvalue weighted by molar-refractivity contribution is -0.384. The Morgan fingerprint density at radius 1 is 1.26 bits per heavy atom. The van der Waals surface area contributed by atoms with Gasteiger partial charge in [-0.1, -0.05) is 6.07 Å². The number of hydrogen-bond acceptors (Lipinski definition) is 4. The molecule has 0 aromatic heterocycles. The monoisotopic (exact) mass is 326 g/mol. The van der Waals surface area contributed by atoms with E-state index in [4.69, 9.17) is 10.5 Å². The number of rotatable bonds is 3. The highest BCUT2D eigenvalue weighted by Crippen LogP contribution is 2.38. The van der Waals surface area contributed by atoms with Crippen LogP contribution >= 0.6 is 15.9 Å². The highest BCUT2D eigenvalue weighted by Gasteiger charge is 2.20. The smallest absolute Gasteiger partial charge is 0.334 e. The van der Waals surface area contributed by atoms with Crippen LogP contribution in [0.2, 0.25) is 0 Å². The van der Waals surface area contributed by atoms with Crippen molar-refractivity contribution in [2.45, 2.75) is 0 Å². The van der Waals surface area contributed by atoms with Crippen LogP contribution < -0.4 is 10.5 Å². The number of hydrogen-bond donors (Lipinski definition) is 1. The lowest BCUT2D eigenvalue weighted by atomic mass is 10.2. The summed E-state index contributed by atoms with van der Waals surface area (Å²) >= 11 is 3.12. The molecule has 0 saturated carbocycles. The van der Waals surface area contributed by atoms with Gasteiger partial charge in [-0.25, -0.2) is 4.39 Å². The van der Waals surface area contributed by atoms with E-state index >= 15 is 0 Å². The van der Waals surface area contributed by atoms with Gasteiger partial charge >= 0.3 is 5.69 Å². The summed E-state index contributed by atoms with van der Waals surface area (Å²) in [5.41, 5.74) is 5.22. The molecule has 2 N–H and O–H groups in total.